The summed E-state index contributed by atoms with van der Waals surface area (Å²) in [4.78, 5) is 11.8. The van der Waals surface area contributed by atoms with Gasteiger partial charge in [-0.15, -0.1) is 0 Å². The summed E-state index contributed by atoms with van der Waals surface area (Å²) >= 11 is 0. The Morgan fingerprint density at radius 2 is 1.68 bits per heavy atom. The molecule has 0 heterocycles. The van der Waals surface area contributed by atoms with Gasteiger partial charge in [-0.3, -0.25) is 0 Å². The van der Waals surface area contributed by atoms with E-state index in [9.17, 15) is 13.6 Å². The fourth-order valence-electron chi connectivity index (χ4n) is 1.49. The molecule has 0 spiro atoms. The minimum Gasteiger partial charge on any atom is -0.493 e. The third-order valence-corrected chi connectivity index (χ3v) is 2.43. The number of esters is 1. The lowest BCUT2D eigenvalue weighted by molar-refractivity contribution is 0.0729. The number of carbonyl (C=O) groups excluding carboxylic acids is 1. The molecule has 0 fully saturated rings. The second-order valence-corrected chi connectivity index (χ2v) is 3.67. The van der Waals surface area contributed by atoms with Crippen LogP contribution in [0.4, 0.5) is 8.78 Å². The van der Waals surface area contributed by atoms with Crippen LogP contribution in [-0.2, 0) is 0 Å². The highest BCUT2D eigenvalue weighted by Crippen LogP contribution is 2.26. The lowest BCUT2D eigenvalue weighted by Crippen LogP contribution is -2.09. The number of hydrogen-bond acceptors (Lipinski definition) is 3. The zero-order valence-corrected chi connectivity index (χ0v) is 10.0. The average Bonchev–Trinajstić information content (AvgIpc) is 2.42. The van der Waals surface area contributed by atoms with Crippen LogP contribution < -0.4 is 9.47 Å². The van der Waals surface area contributed by atoms with E-state index in [4.69, 9.17) is 9.47 Å². The number of ether oxygens (including phenoxy) is 2. The van der Waals surface area contributed by atoms with Crippen molar-refractivity contribution < 1.29 is 23.0 Å². The topological polar surface area (TPSA) is 35.5 Å². The minimum atomic E-state index is -1.10. The molecule has 0 saturated heterocycles. The molecule has 0 aliphatic carbocycles. The van der Waals surface area contributed by atoms with E-state index >= 15 is 0 Å². The molecule has 0 bridgehead atoms. The van der Waals surface area contributed by atoms with Crippen LogP contribution in [0.15, 0.2) is 42.5 Å². The number of benzene rings is 2. The third kappa shape index (κ3) is 2.88. The third-order valence-electron chi connectivity index (χ3n) is 2.43. The second-order valence-electron chi connectivity index (χ2n) is 3.67. The standard InChI is InChI=1S/C14H10F2O3/c1-18-12-4-2-3-5-13(12)19-14(17)9-6-7-10(15)11(16)8-9/h2-8H,1H3. The molecule has 0 N–H and O–H groups in total. The number of hydrogen-bond donors (Lipinski definition) is 0. The molecule has 19 heavy (non-hydrogen) atoms. The Morgan fingerprint density at radius 1 is 1.00 bits per heavy atom. The zero-order chi connectivity index (χ0) is 13.8. The first-order valence-electron chi connectivity index (χ1n) is 5.42. The summed E-state index contributed by atoms with van der Waals surface area (Å²) in [7, 11) is 1.43. The first-order chi connectivity index (χ1) is 9.11. The van der Waals surface area contributed by atoms with Crippen LogP contribution in [0.1, 0.15) is 10.4 Å². The largest absolute Gasteiger partial charge is 0.493 e. The van der Waals surface area contributed by atoms with E-state index in [1.54, 1.807) is 18.2 Å². The summed E-state index contributed by atoms with van der Waals surface area (Å²) < 4.78 is 35.9. The molecule has 3 nitrogen and oxygen atoms in total. The number of carbonyl (C=O) groups is 1. The first-order valence-corrected chi connectivity index (χ1v) is 5.42. The molecule has 0 aromatic heterocycles. The number of rotatable bonds is 3. The molecule has 0 aliphatic rings. The molecular formula is C14H10F2O3. The average molecular weight is 264 g/mol. The highest BCUT2D eigenvalue weighted by atomic mass is 19.2. The van der Waals surface area contributed by atoms with Crippen molar-refractivity contribution in [1.82, 2.24) is 0 Å². The van der Waals surface area contributed by atoms with Crippen molar-refractivity contribution >= 4 is 5.97 Å². The zero-order valence-electron chi connectivity index (χ0n) is 10.0. The summed E-state index contributed by atoms with van der Waals surface area (Å²) in [5.74, 6) is -2.33. The van der Waals surface area contributed by atoms with Crippen molar-refractivity contribution in [3.05, 3.63) is 59.7 Å². The van der Waals surface area contributed by atoms with E-state index < -0.39 is 17.6 Å². The summed E-state index contributed by atoms with van der Waals surface area (Å²) in [6.45, 7) is 0. The maximum Gasteiger partial charge on any atom is 0.343 e. The predicted octanol–water partition coefficient (Wildman–Crippen LogP) is 3.19. The molecule has 0 aliphatic heterocycles. The SMILES string of the molecule is COc1ccccc1OC(=O)c1ccc(F)c(F)c1. The van der Waals surface area contributed by atoms with Gasteiger partial charge in [0.2, 0.25) is 0 Å². The van der Waals surface area contributed by atoms with Crippen molar-refractivity contribution in [1.29, 1.82) is 0 Å². The van der Waals surface area contributed by atoms with Gasteiger partial charge in [0.15, 0.2) is 23.1 Å². The van der Waals surface area contributed by atoms with Crippen molar-refractivity contribution in [2.75, 3.05) is 7.11 Å². The Kier molecular flexibility index (Phi) is 3.75. The number of halogens is 2. The molecule has 0 unspecified atom stereocenters. The van der Waals surface area contributed by atoms with Crippen molar-refractivity contribution in [2.24, 2.45) is 0 Å². The normalized spacial score (nSPS) is 10.1. The molecule has 5 heteroatoms. The lowest BCUT2D eigenvalue weighted by atomic mass is 10.2. The van der Waals surface area contributed by atoms with Crippen LogP contribution in [0, 0.1) is 11.6 Å². The van der Waals surface area contributed by atoms with Crippen molar-refractivity contribution in [3.63, 3.8) is 0 Å². The van der Waals surface area contributed by atoms with Crippen LogP contribution in [0.25, 0.3) is 0 Å². The van der Waals surface area contributed by atoms with Gasteiger partial charge in [-0.2, -0.15) is 0 Å². The Labute approximate surface area is 108 Å². The molecule has 2 aromatic carbocycles. The van der Waals surface area contributed by atoms with E-state index in [0.29, 0.717) is 5.75 Å². The maximum atomic E-state index is 13.0. The Bertz CT molecular complexity index is 611. The maximum absolute atomic E-state index is 13.0. The lowest BCUT2D eigenvalue weighted by Gasteiger charge is -2.08. The minimum absolute atomic E-state index is 0.0789. The highest BCUT2D eigenvalue weighted by Gasteiger charge is 2.14. The Hall–Kier alpha value is -2.43. The Balaban J connectivity index is 2.23. The van der Waals surface area contributed by atoms with Crippen LogP contribution in [0.2, 0.25) is 0 Å². The van der Waals surface area contributed by atoms with Gasteiger partial charge in [0.05, 0.1) is 12.7 Å². The van der Waals surface area contributed by atoms with Gasteiger partial charge in [-0.25, -0.2) is 13.6 Å². The van der Waals surface area contributed by atoms with Gasteiger partial charge in [-0.1, -0.05) is 12.1 Å². The molecule has 0 atom stereocenters. The summed E-state index contributed by atoms with van der Waals surface area (Å²) in [6.07, 6.45) is 0. The van der Waals surface area contributed by atoms with Crippen LogP contribution in [0.3, 0.4) is 0 Å². The van der Waals surface area contributed by atoms with Gasteiger partial charge in [0.25, 0.3) is 0 Å². The van der Waals surface area contributed by atoms with Gasteiger partial charge < -0.3 is 9.47 Å². The number of para-hydroxylation sites is 2. The quantitative estimate of drug-likeness (QED) is 0.631. The Morgan fingerprint density at radius 3 is 2.32 bits per heavy atom. The molecule has 98 valence electrons. The first kappa shape index (κ1) is 13.0. The smallest absolute Gasteiger partial charge is 0.343 e. The van der Waals surface area contributed by atoms with Gasteiger partial charge >= 0.3 is 5.97 Å². The molecule has 2 aromatic rings. The van der Waals surface area contributed by atoms with Gasteiger partial charge in [0, 0.05) is 0 Å². The van der Waals surface area contributed by atoms with E-state index in [1.807, 2.05) is 0 Å². The monoisotopic (exact) mass is 264 g/mol. The van der Waals surface area contributed by atoms with E-state index in [-0.39, 0.29) is 11.3 Å². The summed E-state index contributed by atoms with van der Waals surface area (Å²) in [6, 6.07) is 9.34. The van der Waals surface area contributed by atoms with Gasteiger partial charge in [-0.05, 0) is 30.3 Å². The highest BCUT2D eigenvalue weighted by molar-refractivity contribution is 5.91. The molecule has 0 amide bonds. The van der Waals surface area contributed by atoms with E-state index in [1.165, 1.54) is 13.2 Å². The van der Waals surface area contributed by atoms with Crippen LogP contribution in [-0.4, -0.2) is 13.1 Å². The van der Waals surface area contributed by atoms with Crippen molar-refractivity contribution in [2.45, 2.75) is 0 Å². The fourth-order valence-corrected chi connectivity index (χ4v) is 1.49. The van der Waals surface area contributed by atoms with E-state index in [0.717, 1.165) is 18.2 Å². The summed E-state index contributed by atoms with van der Waals surface area (Å²) in [5.41, 5.74) is -0.0789. The van der Waals surface area contributed by atoms with Crippen molar-refractivity contribution in [3.8, 4) is 11.5 Å². The molecule has 2 rings (SSSR count). The molecular weight excluding hydrogens is 254 g/mol. The van der Waals surface area contributed by atoms with Crippen LogP contribution >= 0.6 is 0 Å². The molecule has 0 radical (unpaired) electrons. The fraction of sp³-hybridized carbons (Fsp3) is 0.0714. The second kappa shape index (κ2) is 5.48. The predicted molar refractivity (Wildman–Crippen MR) is 64.3 cm³/mol. The molecule has 0 saturated carbocycles. The summed E-state index contributed by atoms with van der Waals surface area (Å²) in [5, 5.41) is 0. The van der Waals surface area contributed by atoms with Gasteiger partial charge in [0.1, 0.15) is 0 Å². The van der Waals surface area contributed by atoms with Crippen LogP contribution in [0.5, 0.6) is 11.5 Å². The number of methoxy groups -OCH3 is 1. The van der Waals surface area contributed by atoms with E-state index in [2.05, 4.69) is 0 Å².